The van der Waals surface area contributed by atoms with Gasteiger partial charge in [0.2, 0.25) is 0 Å². The summed E-state index contributed by atoms with van der Waals surface area (Å²) in [4.78, 5) is 12.2. The summed E-state index contributed by atoms with van der Waals surface area (Å²) in [6.45, 7) is 2.71. The van der Waals surface area contributed by atoms with Crippen molar-refractivity contribution in [2.75, 3.05) is 13.2 Å². The number of carbonyl (C=O) groups excluding carboxylic acids is 1. The van der Waals surface area contributed by atoms with Gasteiger partial charge in [0.05, 0.1) is 13.2 Å². The minimum absolute atomic E-state index is 0.302. The molecule has 0 spiro atoms. The zero-order valence-electron chi connectivity index (χ0n) is 13.2. The Bertz CT molecular complexity index is 648. The Kier molecular flexibility index (Phi) is 4.89. The molecule has 0 bridgehead atoms. The lowest BCUT2D eigenvalue weighted by atomic mass is 9.90. The van der Waals surface area contributed by atoms with Crippen molar-refractivity contribution in [3.63, 3.8) is 0 Å². The molecule has 0 amide bonds. The Balaban J connectivity index is 2.12. The molecule has 0 aliphatic carbocycles. The highest BCUT2D eigenvalue weighted by Gasteiger charge is 2.33. The van der Waals surface area contributed by atoms with Crippen LogP contribution in [0.2, 0.25) is 0 Å². The number of carbonyl (C=O) groups is 1. The Labute approximate surface area is 136 Å². The first kappa shape index (κ1) is 15.5. The second-order valence-electron chi connectivity index (χ2n) is 5.39. The molecule has 3 rings (SSSR count). The van der Waals surface area contributed by atoms with Crippen molar-refractivity contribution in [2.45, 2.75) is 19.4 Å². The van der Waals surface area contributed by atoms with E-state index in [2.05, 4.69) is 24.3 Å². The van der Waals surface area contributed by atoms with Gasteiger partial charge in [0.15, 0.2) is 6.10 Å². The molecule has 1 atom stereocenters. The molecule has 2 aromatic rings. The number of hydrogen-bond donors (Lipinski definition) is 0. The van der Waals surface area contributed by atoms with Gasteiger partial charge in [0.25, 0.3) is 0 Å². The Hall–Kier alpha value is -2.39. The van der Waals surface area contributed by atoms with Gasteiger partial charge in [-0.3, -0.25) is 0 Å². The van der Waals surface area contributed by atoms with Crippen LogP contribution < -0.4 is 0 Å². The minimum Gasteiger partial charge on any atom is -0.464 e. The summed E-state index contributed by atoms with van der Waals surface area (Å²) in [7, 11) is 0. The lowest BCUT2D eigenvalue weighted by Crippen LogP contribution is -2.24. The minimum atomic E-state index is -0.606. The van der Waals surface area contributed by atoms with Crippen LogP contribution in [-0.4, -0.2) is 25.3 Å². The van der Waals surface area contributed by atoms with Crippen molar-refractivity contribution in [3.8, 4) is 0 Å². The molecule has 1 aliphatic rings. The van der Waals surface area contributed by atoms with E-state index in [4.69, 9.17) is 9.47 Å². The van der Waals surface area contributed by atoms with Crippen LogP contribution in [0.5, 0.6) is 0 Å². The van der Waals surface area contributed by atoms with Gasteiger partial charge >= 0.3 is 5.97 Å². The molecule has 0 radical (unpaired) electrons. The number of esters is 1. The summed E-state index contributed by atoms with van der Waals surface area (Å²) in [5.41, 5.74) is 4.25. The van der Waals surface area contributed by atoms with Crippen molar-refractivity contribution in [1.82, 2.24) is 0 Å². The van der Waals surface area contributed by atoms with E-state index in [1.54, 1.807) is 0 Å². The monoisotopic (exact) mass is 308 g/mol. The van der Waals surface area contributed by atoms with Crippen LogP contribution in [0, 0.1) is 0 Å². The van der Waals surface area contributed by atoms with Gasteiger partial charge in [-0.05, 0) is 35.6 Å². The van der Waals surface area contributed by atoms with E-state index in [9.17, 15) is 4.79 Å². The highest BCUT2D eigenvalue weighted by Crippen LogP contribution is 2.34. The third kappa shape index (κ3) is 3.35. The van der Waals surface area contributed by atoms with E-state index in [-0.39, 0.29) is 5.97 Å². The summed E-state index contributed by atoms with van der Waals surface area (Å²) in [5.74, 6) is -0.302. The molecule has 1 saturated heterocycles. The van der Waals surface area contributed by atoms with Crippen LogP contribution in [0.25, 0.3) is 5.57 Å². The standard InChI is InChI=1S/C20H20O3/c1-2-22-20(21)19-17(13-14-23-19)18(15-9-5-3-6-10-15)16-11-7-4-8-12-16/h3-12,19H,2,13-14H2,1H3. The van der Waals surface area contributed by atoms with Gasteiger partial charge in [0, 0.05) is 0 Å². The molecule has 1 unspecified atom stereocenters. The third-order valence-electron chi connectivity index (χ3n) is 3.92. The first-order valence-electron chi connectivity index (χ1n) is 7.93. The zero-order chi connectivity index (χ0) is 16.1. The van der Waals surface area contributed by atoms with Gasteiger partial charge in [-0.1, -0.05) is 60.7 Å². The number of rotatable bonds is 4. The smallest absolute Gasteiger partial charge is 0.339 e. The van der Waals surface area contributed by atoms with E-state index >= 15 is 0 Å². The number of benzene rings is 2. The normalized spacial score (nSPS) is 17.1. The van der Waals surface area contributed by atoms with Crippen LogP contribution in [0.1, 0.15) is 24.5 Å². The molecule has 1 aliphatic heterocycles. The van der Waals surface area contributed by atoms with Crippen LogP contribution in [0.4, 0.5) is 0 Å². The maximum absolute atomic E-state index is 12.2. The molecular weight excluding hydrogens is 288 g/mol. The molecule has 3 heteroatoms. The van der Waals surface area contributed by atoms with E-state index in [0.717, 1.165) is 28.7 Å². The Morgan fingerprint density at radius 2 is 1.61 bits per heavy atom. The van der Waals surface area contributed by atoms with Crippen molar-refractivity contribution in [2.24, 2.45) is 0 Å². The summed E-state index contributed by atoms with van der Waals surface area (Å²) in [5, 5.41) is 0. The average molecular weight is 308 g/mol. The first-order chi connectivity index (χ1) is 11.3. The highest BCUT2D eigenvalue weighted by atomic mass is 16.6. The van der Waals surface area contributed by atoms with Crippen molar-refractivity contribution >= 4 is 11.5 Å². The van der Waals surface area contributed by atoms with Crippen molar-refractivity contribution < 1.29 is 14.3 Å². The number of hydrogen-bond acceptors (Lipinski definition) is 3. The van der Waals surface area contributed by atoms with Crippen LogP contribution in [-0.2, 0) is 14.3 Å². The molecule has 2 aromatic carbocycles. The summed E-state index contributed by atoms with van der Waals surface area (Å²) in [6, 6.07) is 20.3. The fraction of sp³-hybridized carbons (Fsp3) is 0.250. The zero-order valence-corrected chi connectivity index (χ0v) is 13.2. The van der Waals surface area contributed by atoms with E-state index in [1.165, 1.54) is 0 Å². The maximum atomic E-state index is 12.2. The highest BCUT2D eigenvalue weighted by molar-refractivity contribution is 5.89. The topological polar surface area (TPSA) is 35.5 Å². The molecule has 1 fully saturated rings. The van der Waals surface area contributed by atoms with E-state index in [0.29, 0.717) is 13.2 Å². The number of ether oxygens (including phenoxy) is 2. The van der Waals surface area contributed by atoms with Gasteiger partial charge in [-0.2, -0.15) is 0 Å². The molecule has 118 valence electrons. The summed E-state index contributed by atoms with van der Waals surface area (Å²) >= 11 is 0. The van der Waals surface area contributed by atoms with Gasteiger partial charge in [-0.15, -0.1) is 0 Å². The molecule has 23 heavy (non-hydrogen) atoms. The lowest BCUT2D eigenvalue weighted by molar-refractivity contribution is -0.151. The Morgan fingerprint density at radius 1 is 1.04 bits per heavy atom. The van der Waals surface area contributed by atoms with Crippen LogP contribution >= 0.6 is 0 Å². The quantitative estimate of drug-likeness (QED) is 0.805. The second kappa shape index (κ2) is 7.25. The summed E-state index contributed by atoms with van der Waals surface area (Å²) in [6.07, 6.45) is 0.133. The van der Waals surface area contributed by atoms with E-state index < -0.39 is 6.10 Å². The van der Waals surface area contributed by atoms with Gasteiger partial charge in [-0.25, -0.2) is 4.79 Å². The Morgan fingerprint density at radius 3 is 2.13 bits per heavy atom. The average Bonchev–Trinajstić information content (AvgIpc) is 3.07. The maximum Gasteiger partial charge on any atom is 0.339 e. The van der Waals surface area contributed by atoms with Crippen LogP contribution in [0.3, 0.4) is 0 Å². The van der Waals surface area contributed by atoms with Crippen molar-refractivity contribution in [3.05, 3.63) is 77.4 Å². The third-order valence-corrected chi connectivity index (χ3v) is 3.92. The molecular formula is C20H20O3. The summed E-state index contributed by atoms with van der Waals surface area (Å²) < 4.78 is 10.9. The lowest BCUT2D eigenvalue weighted by Gasteiger charge is -2.17. The fourth-order valence-corrected chi connectivity index (χ4v) is 2.95. The predicted molar refractivity (Wildman–Crippen MR) is 89.9 cm³/mol. The van der Waals surface area contributed by atoms with Gasteiger partial charge in [0.1, 0.15) is 0 Å². The fourth-order valence-electron chi connectivity index (χ4n) is 2.95. The second-order valence-corrected chi connectivity index (χ2v) is 5.39. The van der Waals surface area contributed by atoms with Crippen LogP contribution in [0.15, 0.2) is 66.2 Å². The largest absolute Gasteiger partial charge is 0.464 e. The molecule has 0 N–H and O–H groups in total. The first-order valence-corrected chi connectivity index (χ1v) is 7.93. The SMILES string of the molecule is CCOC(=O)C1OCCC1=C(c1ccccc1)c1ccccc1. The molecule has 0 saturated carbocycles. The van der Waals surface area contributed by atoms with E-state index in [1.807, 2.05) is 43.3 Å². The van der Waals surface area contributed by atoms with Crippen molar-refractivity contribution in [1.29, 1.82) is 0 Å². The molecule has 3 nitrogen and oxygen atoms in total. The molecule has 1 heterocycles. The molecule has 0 aromatic heterocycles. The predicted octanol–water partition coefficient (Wildman–Crippen LogP) is 3.84. The van der Waals surface area contributed by atoms with Gasteiger partial charge < -0.3 is 9.47 Å².